The number of rotatable bonds is 5. The van der Waals surface area contributed by atoms with Crippen molar-refractivity contribution in [1.29, 1.82) is 0 Å². The van der Waals surface area contributed by atoms with Crippen LogP contribution in [0.25, 0.3) is 0 Å². The van der Waals surface area contributed by atoms with Gasteiger partial charge < -0.3 is 4.74 Å². The molecule has 0 aliphatic carbocycles. The number of carbonyl (C=O) groups excluding carboxylic acids is 1. The minimum absolute atomic E-state index is 0.383. The highest BCUT2D eigenvalue weighted by Crippen LogP contribution is 2.13. The molecule has 0 spiro atoms. The van der Waals surface area contributed by atoms with E-state index in [1.54, 1.807) is 13.8 Å². The van der Waals surface area contributed by atoms with E-state index in [4.69, 9.17) is 10.5 Å². The SMILES string of the molecule is C=C(C)C(=O)OC(C)(N)CCCC. The number of carbonyl (C=O) groups is 1. The van der Waals surface area contributed by atoms with E-state index < -0.39 is 11.7 Å². The molecule has 3 nitrogen and oxygen atoms in total. The number of esters is 1. The van der Waals surface area contributed by atoms with Crippen LogP contribution in [0.3, 0.4) is 0 Å². The average molecular weight is 185 g/mol. The second-order valence-electron chi connectivity index (χ2n) is 3.59. The predicted octanol–water partition coefficient (Wildman–Crippen LogP) is 1.97. The second-order valence-corrected chi connectivity index (χ2v) is 3.59. The van der Waals surface area contributed by atoms with E-state index in [-0.39, 0.29) is 0 Å². The van der Waals surface area contributed by atoms with Gasteiger partial charge in [0.15, 0.2) is 5.72 Å². The number of hydrogen-bond acceptors (Lipinski definition) is 3. The fourth-order valence-electron chi connectivity index (χ4n) is 0.878. The van der Waals surface area contributed by atoms with Crippen LogP contribution in [0.2, 0.25) is 0 Å². The van der Waals surface area contributed by atoms with Crippen molar-refractivity contribution in [2.45, 2.75) is 45.8 Å². The molecule has 0 saturated carbocycles. The van der Waals surface area contributed by atoms with Gasteiger partial charge in [0.05, 0.1) is 0 Å². The molecule has 0 rings (SSSR count). The Kier molecular flexibility index (Phi) is 4.70. The number of hydrogen-bond donors (Lipinski definition) is 1. The molecule has 0 heterocycles. The van der Waals surface area contributed by atoms with Crippen LogP contribution in [0, 0.1) is 0 Å². The van der Waals surface area contributed by atoms with Gasteiger partial charge in [0.1, 0.15) is 0 Å². The van der Waals surface area contributed by atoms with Crippen molar-refractivity contribution in [2.75, 3.05) is 0 Å². The van der Waals surface area contributed by atoms with E-state index >= 15 is 0 Å². The Bertz CT molecular complexity index is 197. The third-order valence-corrected chi connectivity index (χ3v) is 1.70. The summed E-state index contributed by atoms with van der Waals surface area (Å²) in [4.78, 5) is 11.1. The summed E-state index contributed by atoms with van der Waals surface area (Å²) in [5, 5.41) is 0. The van der Waals surface area contributed by atoms with Crippen LogP contribution in [0.15, 0.2) is 12.2 Å². The Balaban J connectivity index is 4.00. The first-order chi connectivity index (χ1) is 5.89. The van der Waals surface area contributed by atoms with Gasteiger partial charge in [0, 0.05) is 12.0 Å². The third kappa shape index (κ3) is 5.42. The van der Waals surface area contributed by atoms with Gasteiger partial charge in [-0.05, 0) is 20.3 Å². The smallest absolute Gasteiger partial charge is 0.334 e. The molecule has 1 atom stereocenters. The van der Waals surface area contributed by atoms with E-state index in [1.165, 1.54) is 0 Å². The zero-order valence-electron chi connectivity index (χ0n) is 8.72. The standard InChI is InChI=1S/C10H19NO2/c1-5-6-7-10(4,11)13-9(12)8(2)3/h2,5-7,11H2,1,3-4H3. The van der Waals surface area contributed by atoms with Crippen molar-refractivity contribution in [3.63, 3.8) is 0 Å². The van der Waals surface area contributed by atoms with Gasteiger partial charge >= 0.3 is 5.97 Å². The first-order valence-electron chi connectivity index (χ1n) is 4.57. The topological polar surface area (TPSA) is 52.3 Å². The largest absolute Gasteiger partial charge is 0.441 e. The molecule has 0 aromatic carbocycles. The second kappa shape index (κ2) is 5.02. The fourth-order valence-corrected chi connectivity index (χ4v) is 0.878. The maximum absolute atomic E-state index is 11.1. The van der Waals surface area contributed by atoms with Crippen LogP contribution < -0.4 is 5.73 Å². The molecular weight excluding hydrogens is 166 g/mol. The summed E-state index contributed by atoms with van der Waals surface area (Å²) < 4.78 is 5.04. The number of nitrogens with two attached hydrogens (primary N) is 1. The summed E-state index contributed by atoms with van der Waals surface area (Å²) in [6.45, 7) is 8.88. The van der Waals surface area contributed by atoms with Gasteiger partial charge in [0.25, 0.3) is 0 Å². The van der Waals surface area contributed by atoms with Crippen LogP contribution >= 0.6 is 0 Å². The van der Waals surface area contributed by atoms with Crippen LogP contribution in [-0.4, -0.2) is 11.7 Å². The van der Waals surface area contributed by atoms with Crippen LogP contribution in [0.4, 0.5) is 0 Å². The van der Waals surface area contributed by atoms with Crippen LogP contribution in [-0.2, 0) is 9.53 Å². The summed E-state index contributed by atoms with van der Waals surface area (Å²) in [7, 11) is 0. The van der Waals surface area contributed by atoms with Crippen molar-refractivity contribution in [2.24, 2.45) is 5.73 Å². The fraction of sp³-hybridized carbons (Fsp3) is 0.700. The van der Waals surface area contributed by atoms with Gasteiger partial charge in [-0.1, -0.05) is 19.9 Å². The molecule has 0 aliphatic heterocycles. The van der Waals surface area contributed by atoms with E-state index in [0.29, 0.717) is 12.0 Å². The van der Waals surface area contributed by atoms with E-state index in [2.05, 4.69) is 13.5 Å². The number of unbranched alkanes of at least 4 members (excludes halogenated alkanes) is 1. The van der Waals surface area contributed by atoms with Crippen molar-refractivity contribution in [3.05, 3.63) is 12.2 Å². The molecule has 0 bridgehead atoms. The van der Waals surface area contributed by atoms with Gasteiger partial charge in [-0.25, -0.2) is 4.79 Å². The summed E-state index contributed by atoms with van der Waals surface area (Å²) in [6, 6.07) is 0. The molecule has 13 heavy (non-hydrogen) atoms. The molecule has 0 amide bonds. The lowest BCUT2D eigenvalue weighted by Gasteiger charge is -2.24. The van der Waals surface area contributed by atoms with Crippen molar-refractivity contribution in [3.8, 4) is 0 Å². The molecule has 0 fully saturated rings. The molecule has 76 valence electrons. The summed E-state index contributed by atoms with van der Waals surface area (Å²) >= 11 is 0. The quantitative estimate of drug-likeness (QED) is 0.405. The molecule has 0 aromatic heterocycles. The van der Waals surface area contributed by atoms with E-state index in [9.17, 15) is 4.79 Å². The van der Waals surface area contributed by atoms with E-state index in [0.717, 1.165) is 12.8 Å². The molecule has 0 radical (unpaired) electrons. The molecular formula is C10H19NO2. The molecule has 0 aromatic rings. The minimum Gasteiger partial charge on any atom is -0.441 e. The first kappa shape index (κ1) is 12.2. The lowest BCUT2D eigenvalue weighted by molar-refractivity contribution is -0.153. The van der Waals surface area contributed by atoms with Gasteiger partial charge in [-0.3, -0.25) is 5.73 Å². The lowest BCUT2D eigenvalue weighted by atomic mass is 10.1. The van der Waals surface area contributed by atoms with Gasteiger partial charge in [0.2, 0.25) is 0 Å². The summed E-state index contributed by atoms with van der Waals surface area (Å²) in [6.07, 6.45) is 2.68. The zero-order chi connectivity index (χ0) is 10.5. The molecule has 1 unspecified atom stereocenters. The normalized spacial score (nSPS) is 14.8. The van der Waals surface area contributed by atoms with Gasteiger partial charge in [-0.2, -0.15) is 0 Å². The summed E-state index contributed by atoms with van der Waals surface area (Å²) in [5.41, 5.74) is 5.28. The highest BCUT2D eigenvalue weighted by molar-refractivity contribution is 5.87. The van der Waals surface area contributed by atoms with Crippen molar-refractivity contribution >= 4 is 5.97 Å². The molecule has 2 N–H and O–H groups in total. The molecule has 0 aliphatic rings. The highest BCUT2D eigenvalue weighted by atomic mass is 16.6. The van der Waals surface area contributed by atoms with E-state index in [1.807, 2.05) is 0 Å². The van der Waals surface area contributed by atoms with Crippen LogP contribution in [0.5, 0.6) is 0 Å². The Hall–Kier alpha value is -0.830. The third-order valence-electron chi connectivity index (χ3n) is 1.70. The Morgan fingerprint density at radius 1 is 1.62 bits per heavy atom. The Morgan fingerprint density at radius 3 is 2.54 bits per heavy atom. The molecule has 3 heteroatoms. The van der Waals surface area contributed by atoms with Gasteiger partial charge in [-0.15, -0.1) is 0 Å². The highest BCUT2D eigenvalue weighted by Gasteiger charge is 2.22. The average Bonchev–Trinajstić information content (AvgIpc) is 2.00. The lowest BCUT2D eigenvalue weighted by Crippen LogP contribution is -2.41. The molecule has 0 saturated heterocycles. The monoisotopic (exact) mass is 185 g/mol. The minimum atomic E-state index is -0.855. The first-order valence-corrected chi connectivity index (χ1v) is 4.57. The number of ether oxygens (including phenoxy) is 1. The Labute approximate surface area is 79.9 Å². The summed E-state index contributed by atoms with van der Waals surface area (Å²) in [5.74, 6) is -0.416. The Morgan fingerprint density at radius 2 is 2.15 bits per heavy atom. The maximum atomic E-state index is 11.1. The van der Waals surface area contributed by atoms with Crippen molar-refractivity contribution < 1.29 is 9.53 Å². The maximum Gasteiger partial charge on any atom is 0.334 e. The zero-order valence-corrected chi connectivity index (χ0v) is 8.72. The van der Waals surface area contributed by atoms with Crippen molar-refractivity contribution in [1.82, 2.24) is 0 Å². The predicted molar refractivity (Wildman–Crippen MR) is 53.0 cm³/mol. The van der Waals surface area contributed by atoms with Crippen LogP contribution in [0.1, 0.15) is 40.0 Å².